The zero-order chi connectivity index (χ0) is 19.4. The normalized spacial score (nSPS) is 13.9. The van der Waals surface area contributed by atoms with Crippen molar-refractivity contribution in [3.8, 4) is 11.5 Å². The van der Waals surface area contributed by atoms with Gasteiger partial charge in [0.2, 0.25) is 6.79 Å². The van der Waals surface area contributed by atoms with Crippen molar-refractivity contribution in [1.29, 1.82) is 0 Å². The van der Waals surface area contributed by atoms with E-state index in [0.717, 1.165) is 28.9 Å². The Morgan fingerprint density at radius 3 is 2.52 bits per heavy atom. The molecule has 0 spiro atoms. The summed E-state index contributed by atoms with van der Waals surface area (Å²) in [6.07, 6.45) is 1.83. The maximum Gasteiger partial charge on any atom is 0.315 e. The minimum atomic E-state index is -3.23. The molecule has 0 saturated carbocycles. The van der Waals surface area contributed by atoms with E-state index < -0.39 is 9.84 Å². The van der Waals surface area contributed by atoms with Gasteiger partial charge in [0.25, 0.3) is 0 Å². The van der Waals surface area contributed by atoms with Crippen LogP contribution in [-0.4, -0.2) is 34.0 Å². The van der Waals surface area contributed by atoms with Crippen molar-refractivity contribution in [2.24, 2.45) is 0 Å². The van der Waals surface area contributed by atoms with Gasteiger partial charge in [0, 0.05) is 12.8 Å². The van der Waals surface area contributed by atoms with Crippen molar-refractivity contribution in [3.63, 3.8) is 0 Å². The average Bonchev–Trinajstić information content (AvgIpc) is 3.09. The van der Waals surface area contributed by atoms with Crippen LogP contribution in [0.4, 0.5) is 4.79 Å². The second-order valence-corrected chi connectivity index (χ2v) is 8.42. The molecule has 0 saturated heterocycles. The summed E-state index contributed by atoms with van der Waals surface area (Å²) in [6, 6.07) is 11.7. The number of fused-ring (bicyclic) bond motifs is 1. The summed E-state index contributed by atoms with van der Waals surface area (Å²) >= 11 is 0. The quantitative estimate of drug-likeness (QED) is 0.790. The molecule has 1 atom stereocenters. The highest BCUT2D eigenvalue weighted by Crippen LogP contribution is 2.32. The Morgan fingerprint density at radius 2 is 1.81 bits per heavy atom. The third-order valence-corrected chi connectivity index (χ3v) is 5.42. The number of nitrogens with one attached hydrogen (secondary N) is 2. The predicted octanol–water partition coefficient (Wildman–Crippen LogP) is 2.42. The van der Waals surface area contributed by atoms with Crippen LogP contribution in [0.25, 0.3) is 0 Å². The van der Waals surface area contributed by atoms with Gasteiger partial charge in [0.1, 0.15) is 0 Å². The number of hydrogen-bond acceptors (Lipinski definition) is 5. The van der Waals surface area contributed by atoms with Gasteiger partial charge in [0.15, 0.2) is 21.3 Å². The van der Waals surface area contributed by atoms with Crippen LogP contribution in [-0.2, 0) is 16.3 Å². The molecule has 0 radical (unpaired) electrons. The van der Waals surface area contributed by atoms with Gasteiger partial charge in [-0.1, -0.05) is 18.2 Å². The van der Waals surface area contributed by atoms with Crippen molar-refractivity contribution < 1.29 is 22.7 Å². The number of sulfone groups is 1. The van der Waals surface area contributed by atoms with Crippen molar-refractivity contribution in [2.75, 3.05) is 19.6 Å². The lowest BCUT2D eigenvalue weighted by Gasteiger charge is -2.15. The molecule has 1 aliphatic rings. The molecular weight excluding hydrogens is 368 g/mol. The Hall–Kier alpha value is -2.74. The fourth-order valence-electron chi connectivity index (χ4n) is 2.75. The molecule has 1 heterocycles. The van der Waals surface area contributed by atoms with Crippen LogP contribution in [0.15, 0.2) is 47.4 Å². The van der Waals surface area contributed by atoms with Crippen molar-refractivity contribution in [3.05, 3.63) is 53.6 Å². The first-order valence-corrected chi connectivity index (χ1v) is 10.4. The molecule has 0 unspecified atom stereocenters. The van der Waals surface area contributed by atoms with E-state index in [9.17, 15) is 13.2 Å². The molecule has 2 N–H and O–H groups in total. The second-order valence-electron chi connectivity index (χ2n) is 6.40. The molecule has 2 aromatic rings. The number of carbonyl (C=O) groups excluding carboxylic acids is 1. The highest BCUT2D eigenvalue weighted by molar-refractivity contribution is 7.90. The van der Waals surface area contributed by atoms with Crippen LogP contribution in [0.1, 0.15) is 24.1 Å². The third kappa shape index (κ3) is 4.91. The number of hydrogen-bond donors (Lipinski definition) is 2. The first-order chi connectivity index (χ1) is 12.8. The van der Waals surface area contributed by atoms with E-state index in [4.69, 9.17) is 9.47 Å². The fraction of sp³-hybridized carbons (Fsp3) is 0.316. The predicted molar refractivity (Wildman–Crippen MR) is 101 cm³/mol. The maximum absolute atomic E-state index is 12.1. The van der Waals surface area contributed by atoms with Crippen LogP contribution in [0.2, 0.25) is 0 Å². The minimum Gasteiger partial charge on any atom is -0.454 e. The number of ether oxygens (including phenoxy) is 2. The van der Waals surface area contributed by atoms with Gasteiger partial charge >= 0.3 is 6.03 Å². The Labute approximate surface area is 158 Å². The van der Waals surface area contributed by atoms with E-state index in [0.29, 0.717) is 13.0 Å². The smallest absolute Gasteiger partial charge is 0.315 e. The van der Waals surface area contributed by atoms with Crippen LogP contribution in [0.5, 0.6) is 11.5 Å². The minimum absolute atomic E-state index is 0.239. The molecule has 0 bridgehead atoms. The second kappa shape index (κ2) is 7.87. The molecular formula is C19H22N2O5S. The Kier molecular flexibility index (Phi) is 5.55. The largest absolute Gasteiger partial charge is 0.454 e. The van der Waals surface area contributed by atoms with Gasteiger partial charge in [-0.05, 0) is 48.7 Å². The van der Waals surface area contributed by atoms with Gasteiger partial charge in [-0.2, -0.15) is 0 Å². The molecule has 7 nitrogen and oxygen atoms in total. The van der Waals surface area contributed by atoms with Crippen LogP contribution >= 0.6 is 0 Å². The number of urea groups is 1. The summed E-state index contributed by atoms with van der Waals surface area (Å²) < 4.78 is 33.6. The lowest BCUT2D eigenvalue weighted by molar-refractivity contribution is 0.174. The van der Waals surface area contributed by atoms with Gasteiger partial charge in [-0.15, -0.1) is 0 Å². The Bertz CT molecular complexity index is 926. The molecule has 8 heteroatoms. The van der Waals surface area contributed by atoms with E-state index in [1.165, 1.54) is 0 Å². The molecule has 144 valence electrons. The molecule has 2 aromatic carbocycles. The Balaban J connectivity index is 1.47. The molecule has 1 aliphatic heterocycles. The van der Waals surface area contributed by atoms with Crippen LogP contribution in [0.3, 0.4) is 0 Å². The molecule has 0 aliphatic carbocycles. The topological polar surface area (TPSA) is 93.7 Å². The zero-order valence-electron chi connectivity index (χ0n) is 15.2. The third-order valence-electron chi connectivity index (χ3n) is 4.29. The van der Waals surface area contributed by atoms with Gasteiger partial charge < -0.3 is 20.1 Å². The van der Waals surface area contributed by atoms with Crippen molar-refractivity contribution in [1.82, 2.24) is 10.6 Å². The number of amides is 2. The number of benzene rings is 2. The molecule has 0 fully saturated rings. The van der Waals surface area contributed by atoms with E-state index in [1.807, 2.05) is 25.1 Å². The average molecular weight is 390 g/mol. The summed E-state index contributed by atoms with van der Waals surface area (Å²) in [4.78, 5) is 12.3. The summed E-state index contributed by atoms with van der Waals surface area (Å²) in [6.45, 7) is 2.56. The SMILES string of the molecule is C[C@@H](NC(=O)NCCc1ccc2c(c1)OCO2)c1ccc(S(C)(=O)=O)cc1. The van der Waals surface area contributed by atoms with Crippen molar-refractivity contribution in [2.45, 2.75) is 24.3 Å². The number of carbonyl (C=O) groups is 1. The van der Waals surface area contributed by atoms with Gasteiger partial charge in [-0.25, -0.2) is 13.2 Å². The molecule has 27 heavy (non-hydrogen) atoms. The van der Waals surface area contributed by atoms with Gasteiger partial charge in [0.05, 0.1) is 10.9 Å². The lowest BCUT2D eigenvalue weighted by Crippen LogP contribution is -2.38. The summed E-state index contributed by atoms with van der Waals surface area (Å²) in [5.41, 5.74) is 1.87. The molecule has 3 rings (SSSR count). The first-order valence-electron chi connectivity index (χ1n) is 8.56. The van der Waals surface area contributed by atoms with Crippen LogP contribution < -0.4 is 20.1 Å². The zero-order valence-corrected chi connectivity index (χ0v) is 16.0. The highest BCUT2D eigenvalue weighted by atomic mass is 32.2. The first kappa shape index (κ1) is 19.0. The summed E-state index contributed by atoms with van der Waals surface area (Å²) in [7, 11) is -3.23. The van der Waals surface area contributed by atoms with Crippen molar-refractivity contribution >= 4 is 15.9 Å². The van der Waals surface area contributed by atoms with E-state index in [1.54, 1.807) is 24.3 Å². The monoisotopic (exact) mass is 390 g/mol. The summed E-state index contributed by atoms with van der Waals surface area (Å²) in [5, 5.41) is 5.66. The van der Waals surface area contributed by atoms with Gasteiger partial charge in [-0.3, -0.25) is 0 Å². The Morgan fingerprint density at radius 1 is 1.11 bits per heavy atom. The number of rotatable bonds is 6. The standard InChI is InChI=1S/C19H22N2O5S/c1-13(15-4-6-16(7-5-15)27(2,23)24)21-19(22)20-10-9-14-3-8-17-18(11-14)26-12-25-17/h3-8,11,13H,9-10,12H2,1-2H3,(H2,20,21,22)/t13-/m1/s1. The molecule has 0 aromatic heterocycles. The van der Waals surface area contributed by atoms with E-state index >= 15 is 0 Å². The fourth-order valence-corrected chi connectivity index (χ4v) is 3.38. The summed E-state index contributed by atoms with van der Waals surface area (Å²) in [5.74, 6) is 1.46. The van der Waals surface area contributed by atoms with E-state index in [2.05, 4.69) is 10.6 Å². The van der Waals surface area contributed by atoms with Crippen LogP contribution in [0, 0.1) is 0 Å². The molecule has 2 amide bonds. The maximum atomic E-state index is 12.1. The lowest BCUT2D eigenvalue weighted by atomic mass is 10.1. The van der Waals surface area contributed by atoms with E-state index in [-0.39, 0.29) is 23.8 Å². The highest BCUT2D eigenvalue weighted by Gasteiger charge is 2.14.